The van der Waals surface area contributed by atoms with Crippen LogP contribution in [0.1, 0.15) is 82.9 Å². The Morgan fingerprint density at radius 1 is 1.20 bits per heavy atom. The number of halogens is 1. The van der Waals surface area contributed by atoms with Gasteiger partial charge in [0, 0.05) is 17.1 Å². The molecule has 2 aliphatic carbocycles. The average molecular weight is 519 g/mol. The molecule has 0 spiro atoms. The minimum absolute atomic E-state index is 0.0802. The maximum Gasteiger partial charge on any atom is 0.358 e. The highest BCUT2D eigenvalue weighted by atomic mass is 35.5. The molecule has 0 bridgehead atoms. The molecule has 0 unspecified atom stereocenters. The molecule has 35 heavy (non-hydrogen) atoms. The smallest absolute Gasteiger partial charge is 0.358 e. The van der Waals surface area contributed by atoms with E-state index in [-0.39, 0.29) is 29.6 Å². The Labute approximate surface area is 214 Å². The van der Waals surface area contributed by atoms with Crippen molar-refractivity contribution < 1.29 is 19.1 Å². The molecular formula is C25H31ClN4O4S. The largest absolute Gasteiger partial charge is 0.464 e. The van der Waals surface area contributed by atoms with E-state index in [1.165, 1.54) is 37.5 Å². The van der Waals surface area contributed by atoms with Crippen molar-refractivity contribution in [1.82, 2.24) is 15.6 Å². The first kappa shape index (κ1) is 25.4. The third-order valence-electron chi connectivity index (χ3n) is 6.47. The molecule has 2 saturated carbocycles. The summed E-state index contributed by atoms with van der Waals surface area (Å²) in [5, 5.41) is 9.65. The zero-order valence-electron chi connectivity index (χ0n) is 19.9. The zero-order chi connectivity index (χ0) is 24.9. The molecule has 188 valence electrons. The molecule has 2 atom stereocenters. The van der Waals surface area contributed by atoms with E-state index in [4.69, 9.17) is 16.3 Å². The van der Waals surface area contributed by atoms with Crippen LogP contribution in [0, 0.1) is 5.92 Å². The van der Waals surface area contributed by atoms with Gasteiger partial charge in [0.15, 0.2) is 5.69 Å². The van der Waals surface area contributed by atoms with Crippen LogP contribution in [0.4, 0.5) is 5.69 Å². The maximum atomic E-state index is 13.1. The van der Waals surface area contributed by atoms with Crippen molar-refractivity contribution in [2.45, 2.75) is 70.0 Å². The molecule has 10 heteroatoms. The van der Waals surface area contributed by atoms with Crippen LogP contribution in [-0.4, -0.2) is 42.0 Å². The first-order valence-corrected chi connectivity index (χ1v) is 13.2. The molecule has 0 radical (unpaired) electrons. The molecule has 2 amide bonds. The Bertz CT molecular complexity index is 1080. The van der Waals surface area contributed by atoms with Crippen LogP contribution < -0.4 is 16.0 Å². The van der Waals surface area contributed by atoms with Gasteiger partial charge in [-0.1, -0.05) is 37.3 Å². The van der Waals surface area contributed by atoms with Gasteiger partial charge in [-0.25, -0.2) is 9.78 Å². The van der Waals surface area contributed by atoms with E-state index in [2.05, 4.69) is 20.9 Å². The number of methoxy groups -OCH3 is 1. The van der Waals surface area contributed by atoms with Crippen molar-refractivity contribution >= 4 is 46.4 Å². The molecule has 3 N–H and O–H groups in total. The van der Waals surface area contributed by atoms with Crippen LogP contribution in [-0.2, 0) is 9.53 Å². The highest BCUT2D eigenvalue weighted by molar-refractivity contribution is 7.14. The predicted octanol–water partition coefficient (Wildman–Crippen LogP) is 4.71. The zero-order valence-corrected chi connectivity index (χ0v) is 21.5. The summed E-state index contributed by atoms with van der Waals surface area (Å²) >= 11 is 7.41. The molecule has 4 rings (SSSR count). The van der Waals surface area contributed by atoms with Crippen LogP contribution in [0.3, 0.4) is 0 Å². The fourth-order valence-electron chi connectivity index (χ4n) is 4.39. The number of anilines is 1. The number of rotatable bonds is 10. The second-order valence-electron chi connectivity index (χ2n) is 9.30. The number of carbonyl (C=O) groups excluding carboxylic acids is 3. The summed E-state index contributed by atoms with van der Waals surface area (Å²) in [6, 6.07) is 4.75. The fourth-order valence-corrected chi connectivity index (χ4v) is 5.46. The second-order valence-corrected chi connectivity index (χ2v) is 10.9. The third-order valence-corrected chi connectivity index (χ3v) is 7.95. The number of thiophene rings is 1. The number of nitrogens with one attached hydrogen (secondary N) is 3. The van der Waals surface area contributed by atoms with Crippen molar-refractivity contribution in [1.29, 1.82) is 0 Å². The average Bonchev–Trinajstić information content (AvgIpc) is 3.28. The van der Waals surface area contributed by atoms with Crippen LogP contribution in [0.5, 0.6) is 0 Å². The van der Waals surface area contributed by atoms with Crippen molar-refractivity contribution in [2.24, 2.45) is 5.92 Å². The molecule has 0 aromatic carbocycles. The van der Waals surface area contributed by atoms with E-state index in [9.17, 15) is 14.4 Å². The van der Waals surface area contributed by atoms with Crippen LogP contribution in [0.15, 0.2) is 24.4 Å². The van der Waals surface area contributed by atoms with Crippen LogP contribution in [0.2, 0.25) is 5.02 Å². The molecule has 0 aliphatic heterocycles. The van der Waals surface area contributed by atoms with E-state index < -0.39 is 12.0 Å². The summed E-state index contributed by atoms with van der Waals surface area (Å²) in [5.41, 5.74) is 0.583. The van der Waals surface area contributed by atoms with Gasteiger partial charge in [-0.3, -0.25) is 9.59 Å². The molecular weight excluding hydrogens is 488 g/mol. The molecule has 2 aromatic rings. The number of carbonyl (C=O) groups is 3. The van der Waals surface area contributed by atoms with Gasteiger partial charge in [0.05, 0.1) is 28.7 Å². The van der Waals surface area contributed by atoms with Gasteiger partial charge in [-0.15, -0.1) is 11.3 Å². The standard InChI is InChI=1S/C25H31ClN4O4S/c1-14(28-18-12-16(26)13-27-22(18)25(33)34-2)20-9-10-21(35-20)24(32)30-19(11-15-5-3-4-6-15)23(31)29-17-7-8-17/h9-10,12-15,17,19,28H,3-8,11H2,1-2H3,(H,29,31)(H,30,32)/t14-,19+/m1/s1. The Morgan fingerprint density at radius 2 is 1.94 bits per heavy atom. The van der Waals surface area contributed by atoms with E-state index in [1.54, 1.807) is 12.1 Å². The minimum atomic E-state index is -0.569. The van der Waals surface area contributed by atoms with Gasteiger partial charge >= 0.3 is 5.97 Å². The molecule has 0 saturated heterocycles. The first-order valence-electron chi connectivity index (χ1n) is 12.1. The number of aromatic nitrogens is 1. The lowest BCUT2D eigenvalue weighted by Crippen LogP contribution is -2.48. The number of nitrogens with zero attached hydrogens (tertiary/aromatic N) is 1. The van der Waals surface area contributed by atoms with Gasteiger partial charge in [-0.2, -0.15) is 0 Å². The third kappa shape index (κ3) is 6.73. The quantitative estimate of drug-likeness (QED) is 0.393. The van der Waals surface area contributed by atoms with Gasteiger partial charge in [0.1, 0.15) is 6.04 Å². The van der Waals surface area contributed by atoms with E-state index >= 15 is 0 Å². The first-order chi connectivity index (χ1) is 16.8. The molecule has 8 nitrogen and oxygen atoms in total. The highest BCUT2D eigenvalue weighted by Crippen LogP contribution is 2.31. The summed E-state index contributed by atoms with van der Waals surface area (Å²) in [4.78, 5) is 43.4. The van der Waals surface area contributed by atoms with Gasteiger partial charge in [0.2, 0.25) is 5.91 Å². The van der Waals surface area contributed by atoms with Gasteiger partial charge in [0.25, 0.3) is 5.91 Å². The second kappa shape index (κ2) is 11.4. The van der Waals surface area contributed by atoms with Crippen LogP contribution >= 0.6 is 22.9 Å². The number of pyridine rings is 1. The summed E-state index contributed by atoms with van der Waals surface area (Å²) in [6.45, 7) is 1.92. The molecule has 2 fully saturated rings. The predicted molar refractivity (Wildman–Crippen MR) is 136 cm³/mol. The van der Waals surface area contributed by atoms with E-state index in [0.29, 0.717) is 27.9 Å². The Morgan fingerprint density at radius 3 is 2.63 bits per heavy atom. The van der Waals surface area contributed by atoms with Crippen molar-refractivity contribution in [3.05, 3.63) is 44.9 Å². The fraction of sp³-hybridized carbons (Fsp3) is 0.520. The SMILES string of the molecule is COC(=O)c1ncc(Cl)cc1N[C@H](C)c1ccc(C(=O)N[C@@H](CC2CCCC2)C(=O)NC2CC2)s1. The van der Waals surface area contributed by atoms with Crippen LogP contribution in [0.25, 0.3) is 0 Å². The topological polar surface area (TPSA) is 109 Å². The Balaban J connectivity index is 1.42. The lowest BCUT2D eigenvalue weighted by atomic mass is 9.97. The normalized spacial score (nSPS) is 17.5. The van der Waals surface area contributed by atoms with Gasteiger partial charge < -0.3 is 20.7 Å². The Hall–Kier alpha value is -2.65. The number of amides is 2. The summed E-state index contributed by atoms with van der Waals surface area (Å²) in [7, 11) is 1.29. The monoisotopic (exact) mass is 518 g/mol. The Kier molecular flexibility index (Phi) is 8.28. The lowest BCUT2D eigenvalue weighted by Gasteiger charge is -2.21. The van der Waals surface area contributed by atoms with E-state index in [0.717, 1.165) is 30.6 Å². The lowest BCUT2D eigenvalue weighted by molar-refractivity contribution is -0.123. The number of hydrogen-bond donors (Lipinski definition) is 3. The highest BCUT2D eigenvalue weighted by Gasteiger charge is 2.31. The maximum absolute atomic E-state index is 13.1. The number of esters is 1. The summed E-state index contributed by atoms with van der Waals surface area (Å²) in [6.07, 6.45) is 8.69. The number of hydrogen-bond acceptors (Lipinski definition) is 7. The van der Waals surface area contributed by atoms with Gasteiger partial charge in [-0.05, 0) is 50.3 Å². The molecule has 2 aromatic heterocycles. The molecule has 2 aliphatic rings. The van der Waals surface area contributed by atoms with Crippen molar-refractivity contribution in [2.75, 3.05) is 12.4 Å². The molecule has 2 heterocycles. The minimum Gasteiger partial charge on any atom is -0.464 e. The summed E-state index contributed by atoms with van der Waals surface area (Å²) < 4.78 is 4.80. The van der Waals surface area contributed by atoms with Crippen molar-refractivity contribution in [3.8, 4) is 0 Å². The number of ether oxygens (including phenoxy) is 1. The van der Waals surface area contributed by atoms with E-state index in [1.807, 2.05) is 13.0 Å². The van der Waals surface area contributed by atoms with Crippen molar-refractivity contribution in [3.63, 3.8) is 0 Å². The summed E-state index contributed by atoms with van der Waals surface area (Å²) in [5.74, 6) is -0.422.